The molecule has 0 spiro atoms. The molecule has 1 heterocycles. The van der Waals surface area contributed by atoms with Crippen molar-refractivity contribution < 1.29 is 19.5 Å². The van der Waals surface area contributed by atoms with Crippen LogP contribution in [0.25, 0.3) is 11.0 Å². The van der Waals surface area contributed by atoms with Gasteiger partial charge in [0.1, 0.15) is 0 Å². The van der Waals surface area contributed by atoms with Crippen molar-refractivity contribution >= 4 is 23.7 Å². The van der Waals surface area contributed by atoms with Gasteiger partial charge in [0.05, 0.1) is 0 Å². The molecule has 0 aliphatic heterocycles. The Hall–Kier alpha value is -0.337. The summed E-state index contributed by atoms with van der Waals surface area (Å²) in [4.78, 5) is 8.49. The van der Waals surface area contributed by atoms with Crippen LogP contribution in [0.15, 0.2) is 24.3 Å². The minimum Gasteiger partial charge on any atom is -0.439 e. The Morgan fingerprint density at radius 2 is 2.08 bits per heavy atom. The zero-order valence-corrected chi connectivity index (χ0v) is 10.4. The van der Waals surface area contributed by atoms with E-state index in [4.69, 9.17) is 0 Å². The molecule has 4 heteroatoms. The molecule has 1 aromatic carbocycles. The van der Waals surface area contributed by atoms with Gasteiger partial charge in [-0.05, 0) is 11.0 Å². The second-order valence-corrected chi connectivity index (χ2v) is 2.60. The Labute approximate surface area is 88.9 Å². The Kier molecular flexibility index (Phi) is 3.30. The standard InChI is InChI=1S/C8H7N2S.Zn/c11-5-8-9-6-3-1-2-4-7(6)10-8;/h1-4H,5H2,(H-,9,10,11);/q-1;. The first kappa shape index (κ1) is 9.75. The molecule has 0 radical (unpaired) electrons. The van der Waals surface area contributed by atoms with E-state index >= 15 is 0 Å². The summed E-state index contributed by atoms with van der Waals surface area (Å²) in [7, 11) is 0. The van der Waals surface area contributed by atoms with Crippen LogP contribution in [0.1, 0.15) is 5.82 Å². The van der Waals surface area contributed by atoms with E-state index in [1.54, 1.807) is 0 Å². The normalized spacial score (nSPS) is 9.75. The van der Waals surface area contributed by atoms with Gasteiger partial charge >= 0.3 is 0 Å². The largest absolute Gasteiger partial charge is 0.439 e. The zero-order chi connectivity index (χ0) is 7.68. The fraction of sp³-hybridized carbons (Fsp3) is 0.125. The van der Waals surface area contributed by atoms with Crippen molar-refractivity contribution in [3.8, 4) is 0 Å². The molecule has 0 amide bonds. The van der Waals surface area contributed by atoms with Gasteiger partial charge in [0, 0.05) is 25.2 Å². The molecule has 0 saturated carbocycles. The van der Waals surface area contributed by atoms with Crippen LogP contribution in [0.5, 0.6) is 0 Å². The summed E-state index contributed by atoms with van der Waals surface area (Å²) in [5.41, 5.74) is 1.91. The number of para-hydroxylation sites is 2. The summed E-state index contributed by atoms with van der Waals surface area (Å²) in [6.45, 7) is 0. The molecule has 0 saturated heterocycles. The molecule has 0 bridgehead atoms. The van der Waals surface area contributed by atoms with Gasteiger partial charge in [-0.25, -0.2) is 0 Å². The van der Waals surface area contributed by atoms with Crippen LogP contribution >= 0.6 is 12.6 Å². The Bertz CT molecular complexity index is 339. The molecule has 2 nitrogen and oxygen atoms in total. The molecular formula is C8H7N2SZn-. The van der Waals surface area contributed by atoms with Crippen LogP contribution in [0.3, 0.4) is 0 Å². The summed E-state index contributed by atoms with van der Waals surface area (Å²) in [6.07, 6.45) is 0. The predicted octanol–water partition coefficient (Wildman–Crippen LogP) is 1.62. The van der Waals surface area contributed by atoms with Crippen LogP contribution < -0.4 is 4.98 Å². The number of benzene rings is 1. The first-order valence-corrected chi connectivity index (χ1v) is 4.02. The maximum atomic E-state index is 4.24. The van der Waals surface area contributed by atoms with E-state index in [0.29, 0.717) is 5.75 Å². The molecule has 2 rings (SSSR count). The maximum absolute atomic E-state index is 4.24. The van der Waals surface area contributed by atoms with E-state index in [9.17, 15) is 0 Å². The molecule has 0 aliphatic carbocycles. The topological polar surface area (TPSA) is 27.0 Å². The number of rotatable bonds is 1. The first-order valence-electron chi connectivity index (χ1n) is 3.39. The second kappa shape index (κ2) is 4.06. The van der Waals surface area contributed by atoms with Crippen LogP contribution in [0.4, 0.5) is 0 Å². The van der Waals surface area contributed by atoms with Crippen LogP contribution in [0.2, 0.25) is 0 Å². The summed E-state index contributed by atoms with van der Waals surface area (Å²) < 4.78 is 0. The van der Waals surface area contributed by atoms with E-state index < -0.39 is 0 Å². The molecule has 0 N–H and O–H groups in total. The monoisotopic (exact) mass is 227 g/mol. The summed E-state index contributed by atoms with van der Waals surface area (Å²) >= 11 is 4.10. The SMILES string of the molecule is SCc1nc2ccccc2[n-]1.[Zn]. The number of aromatic nitrogens is 2. The average molecular weight is 229 g/mol. The summed E-state index contributed by atoms with van der Waals surface area (Å²) in [5, 5.41) is 0. The molecule has 58 valence electrons. The quantitative estimate of drug-likeness (QED) is 0.593. The maximum Gasteiger partial charge on any atom is 0.00763 e. The van der Waals surface area contributed by atoms with Crippen molar-refractivity contribution in [2.45, 2.75) is 5.75 Å². The number of imidazole rings is 1. The van der Waals surface area contributed by atoms with Gasteiger partial charge in [0.15, 0.2) is 0 Å². The average Bonchev–Trinajstić information content (AvgIpc) is 2.46. The molecule has 0 fully saturated rings. The van der Waals surface area contributed by atoms with E-state index in [-0.39, 0.29) is 19.5 Å². The van der Waals surface area contributed by atoms with Gasteiger partial charge in [-0.2, -0.15) is 12.6 Å². The predicted molar refractivity (Wildman–Crippen MR) is 47.8 cm³/mol. The fourth-order valence-corrected chi connectivity index (χ4v) is 1.17. The minimum atomic E-state index is 0. The molecule has 0 aliphatic rings. The van der Waals surface area contributed by atoms with Crippen molar-refractivity contribution in [2.75, 3.05) is 0 Å². The molecule has 0 unspecified atom stereocenters. The second-order valence-electron chi connectivity index (χ2n) is 2.29. The van der Waals surface area contributed by atoms with Crippen LogP contribution in [-0.4, -0.2) is 4.98 Å². The first-order chi connectivity index (χ1) is 5.40. The molecule has 1 aromatic heterocycles. The Morgan fingerprint density at radius 1 is 1.33 bits per heavy atom. The number of nitrogens with zero attached hydrogens (tertiary/aromatic N) is 2. The third kappa shape index (κ3) is 1.70. The third-order valence-corrected chi connectivity index (χ3v) is 1.81. The number of thiol groups is 1. The molecule has 0 atom stereocenters. The van der Waals surface area contributed by atoms with Gasteiger partial charge in [-0.1, -0.05) is 30.1 Å². The fourth-order valence-electron chi connectivity index (χ4n) is 1.03. The van der Waals surface area contributed by atoms with Crippen molar-refractivity contribution in [3.63, 3.8) is 0 Å². The number of fused-ring (bicyclic) bond motifs is 1. The van der Waals surface area contributed by atoms with E-state index in [0.717, 1.165) is 16.9 Å². The van der Waals surface area contributed by atoms with Crippen LogP contribution in [0, 0.1) is 0 Å². The molecular weight excluding hydrogens is 222 g/mol. The van der Waals surface area contributed by atoms with Crippen molar-refractivity contribution in [1.82, 2.24) is 9.97 Å². The smallest absolute Gasteiger partial charge is 0.00763 e. The van der Waals surface area contributed by atoms with Gasteiger partial charge < -0.3 is 9.97 Å². The van der Waals surface area contributed by atoms with Crippen molar-refractivity contribution in [1.29, 1.82) is 0 Å². The van der Waals surface area contributed by atoms with Crippen molar-refractivity contribution in [2.24, 2.45) is 0 Å². The Morgan fingerprint density at radius 3 is 2.75 bits per heavy atom. The minimum absolute atomic E-state index is 0. The number of hydrogen-bond acceptors (Lipinski definition) is 2. The van der Waals surface area contributed by atoms with Crippen LogP contribution in [-0.2, 0) is 25.2 Å². The van der Waals surface area contributed by atoms with Crippen molar-refractivity contribution in [3.05, 3.63) is 30.1 Å². The number of hydrogen-bond donors (Lipinski definition) is 1. The Balaban J connectivity index is 0.000000720. The van der Waals surface area contributed by atoms with E-state index in [2.05, 4.69) is 22.6 Å². The zero-order valence-electron chi connectivity index (χ0n) is 6.57. The summed E-state index contributed by atoms with van der Waals surface area (Å²) in [5.74, 6) is 1.41. The van der Waals surface area contributed by atoms with Gasteiger partial charge in [-0.3, -0.25) is 0 Å². The van der Waals surface area contributed by atoms with E-state index in [1.165, 1.54) is 0 Å². The summed E-state index contributed by atoms with van der Waals surface area (Å²) in [6, 6.07) is 7.82. The molecule has 2 aromatic rings. The van der Waals surface area contributed by atoms with E-state index in [1.807, 2.05) is 24.3 Å². The van der Waals surface area contributed by atoms with Gasteiger partial charge in [-0.15, -0.1) is 0 Å². The van der Waals surface area contributed by atoms with Gasteiger partial charge in [0.2, 0.25) is 0 Å². The molecule has 12 heavy (non-hydrogen) atoms. The van der Waals surface area contributed by atoms with Gasteiger partial charge in [0.25, 0.3) is 0 Å². The third-order valence-electron chi connectivity index (χ3n) is 1.52.